The van der Waals surface area contributed by atoms with E-state index in [9.17, 15) is 14.4 Å². The lowest BCUT2D eigenvalue weighted by Gasteiger charge is -1.95. The number of nitrogens with one attached hydrogen (secondary N) is 2. The monoisotopic (exact) mass is 170 g/mol. The van der Waals surface area contributed by atoms with Crippen molar-refractivity contribution in [3.05, 3.63) is 11.3 Å². The van der Waals surface area contributed by atoms with Gasteiger partial charge in [-0.25, -0.2) is 9.59 Å². The Labute approximate surface area is 67.2 Å². The molecule has 0 radical (unpaired) electrons. The molecular formula is C6H6N2O4. The molecule has 1 saturated heterocycles. The van der Waals surface area contributed by atoms with Gasteiger partial charge in [0, 0.05) is 0 Å². The molecule has 0 aliphatic carbocycles. The van der Waals surface area contributed by atoms with E-state index in [1.165, 1.54) is 6.92 Å². The van der Waals surface area contributed by atoms with Crippen LogP contribution in [0.15, 0.2) is 11.3 Å². The zero-order valence-electron chi connectivity index (χ0n) is 6.17. The van der Waals surface area contributed by atoms with Crippen LogP contribution in [-0.4, -0.2) is 23.0 Å². The van der Waals surface area contributed by atoms with Crippen LogP contribution < -0.4 is 10.6 Å². The fraction of sp³-hybridized carbons (Fsp3) is 0.167. The summed E-state index contributed by atoms with van der Waals surface area (Å²) in [4.78, 5) is 31.7. The van der Waals surface area contributed by atoms with Crippen LogP contribution in [0.25, 0.3) is 0 Å². The SMILES string of the molecule is C/C(C(=O)O)=C1/NC(=O)NC1=O. The van der Waals surface area contributed by atoms with Crippen LogP contribution in [0.5, 0.6) is 0 Å². The summed E-state index contributed by atoms with van der Waals surface area (Å²) in [6, 6.07) is -0.699. The zero-order chi connectivity index (χ0) is 9.30. The van der Waals surface area contributed by atoms with Crippen LogP contribution >= 0.6 is 0 Å². The topological polar surface area (TPSA) is 95.5 Å². The number of imide groups is 1. The van der Waals surface area contributed by atoms with Crippen molar-refractivity contribution in [1.82, 2.24) is 10.6 Å². The van der Waals surface area contributed by atoms with Gasteiger partial charge in [0.25, 0.3) is 5.91 Å². The second kappa shape index (κ2) is 2.65. The predicted octanol–water partition coefficient (Wildman–Crippen LogP) is -0.816. The summed E-state index contributed by atoms with van der Waals surface area (Å²) in [5, 5.41) is 12.4. The first-order valence-corrected chi connectivity index (χ1v) is 3.09. The van der Waals surface area contributed by atoms with Gasteiger partial charge in [0.05, 0.1) is 5.57 Å². The third-order valence-corrected chi connectivity index (χ3v) is 1.39. The number of aliphatic carboxylic acids is 1. The maximum absolute atomic E-state index is 10.8. The molecule has 1 fully saturated rings. The minimum atomic E-state index is -1.23. The van der Waals surface area contributed by atoms with E-state index in [0.29, 0.717) is 0 Å². The fourth-order valence-electron chi connectivity index (χ4n) is 0.738. The van der Waals surface area contributed by atoms with Gasteiger partial charge in [-0.05, 0) is 6.92 Å². The van der Waals surface area contributed by atoms with Gasteiger partial charge in [-0.2, -0.15) is 0 Å². The molecule has 1 aliphatic heterocycles. The lowest BCUT2D eigenvalue weighted by Crippen LogP contribution is -2.22. The molecule has 0 unspecified atom stereocenters. The van der Waals surface area contributed by atoms with Gasteiger partial charge in [-0.3, -0.25) is 10.1 Å². The Balaban J connectivity index is 3.03. The Morgan fingerprint density at radius 2 is 1.92 bits per heavy atom. The highest BCUT2D eigenvalue weighted by molar-refractivity contribution is 6.14. The second-order valence-electron chi connectivity index (χ2n) is 2.21. The number of carboxylic acids is 1. The first-order valence-electron chi connectivity index (χ1n) is 3.09. The third-order valence-electron chi connectivity index (χ3n) is 1.39. The molecule has 1 aliphatic rings. The Morgan fingerprint density at radius 3 is 2.25 bits per heavy atom. The number of carbonyl (C=O) groups is 3. The van der Waals surface area contributed by atoms with E-state index in [0.717, 1.165) is 0 Å². The molecule has 0 saturated carbocycles. The normalized spacial score (nSPS) is 20.1. The number of carboxylic acid groups (broad SMARTS) is 1. The molecule has 3 amide bonds. The number of hydrogen-bond donors (Lipinski definition) is 3. The van der Waals surface area contributed by atoms with Crippen molar-refractivity contribution < 1.29 is 19.5 Å². The maximum Gasteiger partial charge on any atom is 0.333 e. The van der Waals surface area contributed by atoms with Gasteiger partial charge in [-0.1, -0.05) is 0 Å². The summed E-state index contributed by atoms with van der Waals surface area (Å²) in [5.74, 6) is -1.94. The smallest absolute Gasteiger partial charge is 0.333 e. The average molecular weight is 170 g/mol. The molecule has 12 heavy (non-hydrogen) atoms. The summed E-state index contributed by atoms with van der Waals surface area (Å²) in [6.45, 7) is 1.24. The number of carbonyl (C=O) groups excluding carboxylic acids is 2. The molecule has 6 nitrogen and oxygen atoms in total. The minimum absolute atomic E-state index is 0.182. The van der Waals surface area contributed by atoms with Crippen molar-refractivity contribution in [1.29, 1.82) is 0 Å². The van der Waals surface area contributed by atoms with Crippen molar-refractivity contribution in [2.45, 2.75) is 6.92 Å². The van der Waals surface area contributed by atoms with Crippen LogP contribution in [0.4, 0.5) is 4.79 Å². The summed E-state index contributed by atoms with van der Waals surface area (Å²) >= 11 is 0. The maximum atomic E-state index is 10.8. The summed E-state index contributed by atoms with van der Waals surface area (Å²) in [7, 11) is 0. The zero-order valence-corrected chi connectivity index (χ0v) is 6.17. The Kier molecular flexibility index (Phi) is 1.82. The van der Waals surface area contributed by atoms with Crippen molar-refractivity contribution in [2.75, 3.05) is 0 Å². The van der Waals surface area contributed by atoms with Gasteiger partial charge in [0.2, 0.25) is 0 Å². The van der Waals surface area contributed by atoms with Crippen molar-refractivity contribution in [3.63, 3.8) is 0 Å². The molecule has 1 rings (SSSR count). The van der Waals surface area contributed by atoms with Crippen molar-refractivity contribution >= 4 is 17.9 Å². The first kappa shape index (κ1) is 8.25. The molecule has 0 bridgehead atoms. The van der Waals surface area contributed by atoms with Gasteiger partial charge < -0.3 is 10.4 Å². The van der Waals surface area contributed by atoms with E-state index in [1.54, 1.807) is 0 Å². The van der Waals surface area contributed by atoms with Gasteiger partial charge >= 0.3 is 12.0 Å². The van der Waals surface area contributed by atoms with E-state index in [1.807, 2.05) is 5.32 Å². The lowest BCUT2D eigenvalue weighted by atomic mass is 10.2. The van der Waals surface area contributed by atoms with E-state index < -0.39 is 17.9 Å². The predicted molar refractivity (Wildman–Crippen MR) is 37.0 cm³/mol. The van der Waals surface area contributed by atoms with Crippen LogP contribution in [-0.2, 0) is 9.59 Å². The average Bonchev–Trinajstić information content (AvgIpc) is 2.28. The quantitative estimate of drug-likeness (QED) is 0.354. The standard InChI is InChI=1S/C6H6N2O4/c1-2(5(10)11)3-4(9)8-6(12)7-3/h1H3,(H,10,11)(H2,7,8,9,12)/b3-2-. The van der Waals surface area contributed by atoms with E-state index in [4.69, 9.17) is 5.11 Å². The van der Waals surface area contributed by atoms with E-state index in [2.05, 4.69) is 5.32 Å². The van der Waals surface area contributed by atoms with Gasteiger partial charge in [0.15, 0.2) is 0 Å². The molecule has 0 aromatic rings. The molecular weight excluding hydrogens is 164 g/mol. The van der Waals surface area contributed by atoms with Crippen LogP contribution in [0.2, 0.25) is 0 Å². The van der Waals surface area contributed by atoms with E-state index >= 15 is 0 Å². The Bertz CT molecular complexity index is 305. The molecule has 0 atom stereocenters. The Hall–Kier alpha value is -1.85. The molecule has 6 heteroatoms. The molecule has 0 aromatic carbocycles. The lowest BCUT2D eigenvalue weighted by molar-refractivity contribution is -0.133. The van der Waals surface area contributed by atoms with Gasteiger partial charge in [-0.15, -0.1) is 0 Å². The molecule has 64 valence electrons. The van der Waals surface area contributed by atoms with Crippen LogP contribution in [0, 0.1) is 0 Å². The van der Waals surface area contributed by atoms with Crippen molar-refractivity contribution in [3.8, 4) is 0 Å². The summed E-state index contributed by atoms with van der Waals surface area (Å²) < 4.78 is 0. The Morgan fingerprint density at radius 1 is 1.33 bits per heavy atom. The molecule has 0 spiro atoms. The molecule has 3 N–H and O–H groups in total. The highest BCUT2D eigenvalue weighted by atomic mass is 16.4. The fourth-order valence-corrected chi connectivity index (χ4v) is 0.738. The first-order chi connectivity index (χ1) is 5.52. The number of rotatable bonds is 1. The van der Waals surface area contributed by atoms with Crippen LogP contribution in [0.3, 0.4) is 0 Å². The third kappa shape index (κ3) is 1.26. The largest absolute Gasteiger partial charge is 0.478 e. The van der Waals surface area contributed by atoms with E-state index in [-0.39, 0.29) is 11.3 Å². The second-order valence-corrected chi connectivity index (χ2v) is 2.21. The summed E-state index contributed by atoms with van der Waals surface area (Å²) in [6.07, 6.45) is 0. The summed E-state index contributed by atoms with van der Waals surface area (Å²) in [5.41, 5.74) is -0.383. The van der Waals surface area contributed by atoms with Crippen LogP contribution in [0.1, 0.15) is 6.92 Å². The minimum Gasteiger partial charge on any atom is -0.478 e. The highest BCUT2D eigenvalue weighted by Gasteiger charge is 2.27. The highest BCUT2D eigenvalue weighted by Crippen LogP contribution is 2.05. The number of urea groups is 1. The molecule has 1 heterocycles. The molecule has 0 aromatic heterocycles. The van der Waals surface area contributed by atoms with Gasteiger partial charge in [0.1, 0.15) is 5.70 Å². The van der Waals surface area contributed by atoms with Crippen molar-refractivity contribution in [2.24, 2.45) is 0 Å². The number of hydrogen-bond acceptors (Lipinski definition) is 3. The number of amides is 3.